The van der Waals surface area contributed by atoms with Gasteiger partial charge in [-0.25, -0.2) is 4.98 Å². The van der Waals surface area contributed by atoms with Gasteiger partial charge in [0.2, 0.25) is 0 Å². The van der Waals surface area contributed by atoms with Crippen molar-refractivity contribution in [3.63, 3.8) is 0 Å². The van der Waals surface area contributed by atoms with Gasteiger partial charge in [0.25, 0.3) is 5.91 Å². The average Bonchev–Trinajstić information content (AvgIpc) is 3.06. The third-order valence-electron chi connectivity index (χ3n) is 4.51. The molecular weight excluding hydrogens is 332 g/mol. The van der Waals surface area contributed by atoms with Crippen molar-refractivity contribution in [1.82, 2.24) is 14.9 Å². The monoisotopic (exact) mass is 352 g/mol. The predicted molar refractivity (Wildman–Crippen MR) is 97.1 cm³/mol. The van der Waals surface area contributed by atoms with Gasteiger partial charge in [-0.15, -0.1) is 0 Å². The number of nitrogens with one attached hydrogen (secondary N) is 1. The summed E-state index contributed by atoms with van der Waals surface area (Å²) in [4.78, 5) is 23.4. The maximum atomic E-state index is 13.0. The summed E-state index contributed by atoms with van der Waals surface area (Å²) >= 11 is 0. The molecule has 0 spiro atoms. The van der Waals surface area contributed by atoms with Crippen LogP contribution in [0.1, 0.15) is 27.9 Å². The van der Waals surface area contributed by atoms with Crippen molar-refractivity contribution in [3.8, 4) is 0 Å². The minimum absolute atomic E-state index is 0.0195. The zero-order chi connectivity index (χ0) is 18.1. The number of fused-ring (bicyclic) bond motifs is 1. The molecule has 0 bridgehead atoms. The van der Waals surface area contributed by atoms with Gasteiger partial charge in [0.1, 0.15) is 29.0 Å². The zero-order valence-corrected chi connectivity index (χ0v) is 14.7. The number of rotatable bonds is 3. The number of amides is 1. The number of aryl methyl sites for hydroxylation is 1. The molecule has 2 aromatic heterocycles. The largest absolute Gasteiger partial charge is 0.461 e. The highest BCUT2D eigenvalue weighted by Crippen LogP contribution is 2.27. The fraction of sp³-hybridized carbons (Fsp3) is 0.316. The summed E-state index contributed by atoms with van der Waals surface area (Å²) in [7, 11) is 1.79. The topological polar surface area (TPSA) is 80.5 Å². The van der Waals surface area contributed by atoms with Crippen molar-refractivity contribution in [3.05, 3.63) is 53.7 Å². The number of ether oxygens (including phenoxy) is 1. The lowest BCUT2D eigenvalue weighted by Crippen LogP contribution is -2.42. The van der Waals surface area contributed by atoms with Crippen LogP contribution in [0.5, 0.6) is 0 Å². The Morgan fingerprint density at radius 3 is 2.96 bits per heavy atom. The second-order valence-electron chi connectivity index (χ2n) is 6.26. The van der Waals surface area contributed by atoms with Gasteiger partial charge in [-0.2, -0.15) is 0 Å². The Hall–Kier alpha value is -2.93. The lowest BCUT2D eigenvalue weighted by Gasteiger charge is -2.33. The molecule has 26 heavy (non-hydrogen) atoms. The Morgan fingerprint density at radius 2 is 2.12 bits per heavy atom. The maximum Gasteiger partial charge on any atom is 0.254 e. The van der Waals surface area contributed by atoms with Gasteiger partial charge >= 0.3 is 0 Å². The normalized spacial score (nSPS) is 17.5. The molecule has 7 nitrogen and oxygen atoms in total. The van der Waals surface area contributed by atoms with E-state index < -0.39 is 0 Å². The quantitative estimate of drug-likeness (QED) is 0.781. The first-order valence-corrected chi connectivity index (χ1v) is 8.55. The Bertz CT molecular complexity index is 953. The summed E-state index contributed by atoms with van der Waals surface area (Å²) in [5.41, 5.74) is 2.15. The fourth-order valence-corrected chi connectivity index (χ4v) is 3.27. The minimum atomic E-state index is -0.302. The Kier molecular flexibility index (Phi) is 4.30. The minimum Gasteiger partial charge on any atom is -0.461 e. The van der Waals surface area contributed by atoms with Gasteiger partial charge in [0.05, 0.1) is 13.2 Å². The van der Waals surface area contributed by atoms with Crippen molar-refractivity contribution in [2.24, 2.45) is 0 Å². The Labute approximate surface area is 151 Å². The van der Waals surface area contributed by atoms with E-state index >= 15 is 0 Å². The fourth-order valence-electron chi connectivity index (χ4n) is 3.27. The van der Waals surface area contributed by atoms with Crippen molar-refractivity contribution < 1.29 is 13.9 Å². The predicted octanol–water partition coefficient (Wildman–Crippen LogP) is 2.79. The van der Waals surface area contributed by atoms with Crippen LogP contribution < -0.4 is 5.32 Å². The van der Waals surface area contributed by atoms with Crippen LogP contribution >= 0.6 is 0 Å². The molecule has 3 heterocycles. The van der Waals surface area contributed by atoms with Gasteiger partial charge in [0, 0.05) is 36.9 Å². The van der Waals surface area contributed by atoms with Crippen LogP contribution in [-0.2, 0) is 4.74 Å². The number of carbonyl (C=O) groups is 1. The van der Waals surface area contributed by atoms with E-state index in [1.54, 1.807) is 30.4 Å². The van der Waals surface area contributed by atoms with E-state index in [4.69, 9.17) is 9.15 Å². The maximum absolute atomic E-state index is 13.0. The second kappa shape index (κ2) is 6.76. The molecule has 134 valence electrons. The molecule has 0 aliphatic carbocycles. The van der Waals surface area contributed by atoms with E-state index in [0.29, 0.717) is 36.8 Å². The summed E-state index contributed by atoms with van der Waals surface area (Å²) in [6.07, 6.45) is 2.96. The molecule has 0 saturated carbocycles. The first-order chi connectivity index (χ1) is 12.7. The third kappa shape index (κ3) is 3.01. The number of hydrogen-bond acceptors (Lipinski definition) is 6. The third-order valence-corrected chi connectivity index (χ3v) is 4.51. The van der Waals surface area contributed by atoms with Crippen LogP contribution in [-0.4, -0.2) is 47.5 Å². The van der Waals surface area contributed by atoms with E-state index in [0.717, 1.165) is 16.7 Å². The number of furan rings is 1. The van der Waals surface area contributed by atoms with Gasteiger partial charge in [-0.1, -0.05) is 0 Å². The van der Waals surface area contributed by atoms with E-state index in [9.17, 15) is 4.79 Å². The Morgan fingerprint density at radius 1 is 1.27 bits per heavy atom. The number of benzene rings is 1. The summed E-state index contributed by atoms with van der Waals surface area (Å²) in [6.45, 7) is 3.35. The molecule has 1 aliphatic rings. The molecule has 1 aromatic carbocycles. The summed E-state index contributed by atoms with van der Waals surface area (Å²) in [6, 6.07) is 7.46. The molecule has 1 fully saturated rings. The van der Waals surface area contributed by atoms with Crippen molar-refractivity contribution >= 4 is 22.7 Å². The number of nitrogens with zero attached hydrogens (tertiary/aromatic N) is 3. The molecule has 1 atom stereocenters. The molecule has 7 heteroatoms. The van der Waals surface area contributed by atoms with Crippen molar-refractivity contribution in [2.45, 2.75) is 13.0 Å². The van der Waals surface area contributed by atoms with Crippen LogP contribution in [0, 0.1) is 6.92 Å². The van der Waals surface area contributed by atoms with E-state index in [2.05, 4.69) is 15.3 Å². The van der Waals surface area contributed by atoms with E-state index in [1.165, 1.54) is 0 Å². The zero-order valence-electron chi connectivity index (χ0n) is 14.7. The molecule has 1 unspecified atom stereocenters. The van der Waals surface area contributed by atoms with E-state index in [-0.39, 0.29) is 12.0 Å². The van der Waals surface area contributed by atoms with E-state index in [1.807, 2.05) is 25.1 Å². The van der Waals surface area contributed by atoms with Gasteiger partial charge in [-0.3, -0.25) is 9.78 Å². The molecule has 4 rings (SSSR count). The molecular formula is C19H20N4O3. The highest BCUT2D eigenvalue weighted by atomic mass is 16.5. The number of aromatic nitrogens is 2. The standard InChI is InChI=1S/C19H20N4O3/c1-12-9-14-10-13(3-4-15(14)26-12)19(24)23-7-8-25-16(11-23)17-18(20-2)22-6-5-21-17/h3-6,9-10,16H,7-8,11H2,1-2H3,(H,20,22). The SMILES string of the molecule is CNc1nccnc1C1CN(C(=O)c2ccc3oc(C)cc3c2)CCO1. The summed E-state index contributed by atoms with van der Waals surface area (Å²) < 4.78 is 11.4. The van der Waals surface area contributed by atoms with Crippen LogP contribution in [0.25, 0.3) is 11.0 Å². The number of anilines is 1. The lowest BCUT2D eigenvalue weighted by molar-refractivity contribution is -0.0245. The second-order valence-corrected chi connectivity index (χ2v) is 6.26. The van der Waals surface area contributed by atoms with Gasteiger partial charge in [-0.05, 0) is 31.2 Å². The molecule has 0 radical (unpaired) electrons. The van der Waals surface area contributed by atoms with Gasteiger partial charge in [0.15, 0.2) is 0 Å². The van der Waals surface area contributed by atoms with Gasteiger partial charge < -0.3 is 19.4 Å². The molecule has 1 aliphatic heterocycles. The number of carbonyl (C=O) groups excluding carboxylic acids is 1. The van der Waals surface area contributed by atoms with Crippen LogP contribution in [0.15, 0.2) is 41.1 Å². The lowest BCUT2D eigenvalue weighted by atomic mass is 10.1. The van der Waals surface area contributed by atoms with Crippen LogP contribution in [0.3, 0.4) is 0 Å². The summed E-state index contributed by atoms with van der Waals surface area (Å²) in [5, 5.41) is 3.96. The first kappa shape index (κ1) is 16.5. The molecule has 3 aromatic rings. The molecule has 1 amide bonds. The van der Waals surface area contributed by atoms with Crippen molar-refractivity contribution in [1.29, 1.82) is 0 Å². The van der Waals surface area contributed by atoms with Crippen LogP contribution in [0.4, 0.5) is 5.82 Å². The van der Waals surface area contributed by atoms with Crippen LogP contribution in [0.2, 0.25) is 0 Å². The highest BCUT2D eigenvalue weighted by molar-refractivity contribution is 5.98. The summed E-state index contributed by atoms with van der Waals surface area (Å²) in [5.74, 6) is 1.48. The molecule has 1 saturated heterocycles. The number of hydrogen-bond donors (Lipinski definition) is 1. The van der Waals surface area contributed by atoms with Crippen molar-refractivity contribution in [2.75, 3.05) is 32.1 Å². The average molecular weight is 352 g/mol. The smallest absolute Gasteiger partial charge is 0.254 e. The number of morpholine rings is 1. The molecule has 1 N–H and O–H groups in total. The first-order valence-electron chi connectivity index (χ1n) is 8.55. The Balaban J connectivity index is 1.57. The highest BCUT2D eigenvalue weighted by Gasteiger charge is 2.29.